The van der Waals surface area contributed by atoms with E-state index < -0.39 is 0 Å². The molecule has 1 aromatic carbocycles. The van der Waals surface area contributed by atoms with Crippen LogP contribution < -0.4 is 10.1 Å². The fourth-order valence-electron chi connectivity index (χ4n) is 1.66. The summed E-state index contributed by atoms with van der Waals surface area (Å²) in [6, 6.07) is 5.72. The van der Waals surface area contributed by atoms with E-state index in [9.17, 15) is 0 Å². The van der Waals surface area contributed by atoms with Gasteiger partial charge in [0, 0.05) is 22.5 Å². The van der Waals surface area contributed by atoms with Crippen molar-refractivity contribution >= 4 is 27.5 Å². The predicted octanol–water partition coefficient (Wildman–Crippen LogP) is 3.57. The molecule has 0 amide bonds. The molecule has 0 atom stereocenters. The van der Waals surface area contributed by atoms with E-state index in [2.05, 4.69) is 35.1 Å². The van der Waals surface area contributed by atoms with Gasteiger partial charge in [0.1, 0.15) is 5.75 Å². The SMILES string of the molecule is COc1ccc(Cl)cc1C(C)(C)CNCBr. The third-order valence-electron chi connectivity index (χ3n) is 2.55. The first-order valence-electron chi connectivity index (χ1n) is 5.12. The summed E-state index contributed by atoms with van der Waals surface area (Å²) in [6.45, 7) is 5.18. The summed E-state index contributed by atoms with van der Waals surface area (Å²) < 4.78 is 5.37. The topological polar surface area (TPSA) is 21.3 Å². The minimum Gasteiger partial charge on any atom is -0.496 e. The molecule has 4 heteroatoms. The summed E-state index contributed by atoms with van der Waals surface area (Å²) in [4.78, 5) is 0. The smallest absolute Gasteiger partial charge is 0.122 e. The monoisotopic (exact) mass is 305 g/mol. The molecule has 90 valence electrons. The summed E-state index contributed by atoms with van der Waals surface area (Å²) in [6.07, 6.45) is 0. The summed E-state index contributed by atoms with van der Waals surface area (Å²) in [5, 5.41) is 4.01. The Bertz CT molecular complexity index is 355. The van der Waals surface area contributed by atoms with Gasteiger partial charge >= 0.3 is 0 Å². The van der Waals surface area contributed by atoms with Gasteiger partial charge in [0.05, 0.1) is 12.6 Å². The molecule has 1 aromatic rings. The number of alkyl halides is 1. The summed E-state index contributed by atoms with van der Waals surface area (Å²) in [7, 11) is 1.68. The van der Waals surface area contributed by atoms with Gasteiger partial charge in [0.2, 0.25) is 0 Å². The average Bonchev–Trinajstić information content (AvgIpc) is 2.26. The highest BCUT2D eigenvalue weighted by Crippen LogP contribution is 2.33. The maximum Gasteiger partial charge on any atom is 0.122 e. The molecule has 0 aliphatic carbocycles. The quantitative estimate of drug-likeness (QED) is 0.663. The van der Waals surface area contributed by atoms with Crippen LogP contribution in [0.5, 0.6) is 5.75 Å². The molecule has 0 aliphatic heterocycles. The van der Waals surface area contributed by atoms with E-state index in [0.29, 0.717) is 0 Å². The van der Waals surface area contributed by atoms with E-state index in [1.807, 2.05) is 18.2 Å². The fraction of sp³-hybridized carbons (Fsp3) is 0.500. The number of benzene rings is 1. The lowest BCUT2D eigenvalue weighted by atomic mass is 9.84. The zero-order valence-corrected chi connectivity index (χ0v) is 12.2. The van der Waals surface area contributed by atoms with Crippen molar-refractivity contribution in [1.82, 2.24) is 5.32 Å². The predicted molar refractivity (Wildman–Crippen MR) is 72.8 cm³/mol. The van der Waals surface area contributed by atoms with Gasteiger partial charge in [0.25, 0.3) is 0 Å². The largest absolute Gasteiger partial charge is 0.496 e. The lowest BCUT2D eigenvalue weighted by Crippen LogP contribution is -2.32. The second-order valence-corrected chi connectivity index (χ2v) is 5.29. The van der Waals surface area contributed by atoms with Crippen LogP contribution in [-0.2, 0) is 5.41 Å². The highest BCUT2D eigenvalue weighted by Gasteiger charge is 2.24. The molecule has 0 heterocycles. The molecule has 0 spiro atoms. The number of hydrogen-bond acceptors (Lipinski definition) is 2. The van der Waals surface area contributed by atoms with Crippen LogP contribution in [0.4, 0.5) is 0 Å². The number of methoxy groups -OCH3 is 1. The highest BCUT2D eigenvalue weighted by atomic mass is 79.9. The van der Waals surface area contributed by atoms with Crippen LogP contribution >= 0.6 is 27.5 Å². The number of hydrogen-bond donors (Lipinski definition) is 1. The molecule has 0 fully saturated rings. The maximum absolute atomic E-state index is 6.03. The number of halogens is 2. The van der Waals surface area contributed by atoms with Gasteiger partial charge in [0.15, 0.2) is 0 Å². The van der Waals surface area contributed by atoms with E-state index in [1.54, 1.807) is 7.11 Å². The highest BCUT2D eigenvalue weighted by molar-refractivity contribution is 9.09. The van der Waals surface area contributed by atoms with Crippen molar-refractivity contribution in [3.05, 3.63) is 28.8 Å². The summed E-state index contributed by atoms with van der Waals surface area (Å²) in [5.74, 6) is 0.880. The van der Waals surface area contributed by atoms with Crippen molar-refractivity contribution in [2.45, 2.75) is 19.3 Å². The van der Waals surface area contributed by atoms with Crippen LogP contribution in [-0.4, -0.2) is 19.1 Å². The molecule has 16 heavy (non-hydrogen) atoms. The van der Waals surface area contributed by atoms with E-state index >= 15 is 0 Å². The van der Waals surface area contributed by atoms with Crippen LogP contribution in [0.25, 0.3) is 0 Å². The molecule has 1 rings (SSSR count). The molecule has 0 saturated heterocycles. The first-order chi connectivity index (χ1) is 7.51. The number of rotatable bonds is 5. The first kappa shape index (κ1) is 13.8. The Hall–Kier alpha value is -0.250. The third-order valence-corrected chi connectivity index (χ3v) is 3.18. The fourth-order valence-corrected chi connectivity index (χ4v) is 2.03. The minimum absolute atomic E-state index is 0.0238. The molecule has 0 aliphatic rings. The van der Waals surface area contributed by atoms with Crippen LogP contribution in [0.2, 0.25) is 5.02 Å². The van der Waals surface area contributed by atoms with Gasteiger partial charge < -0.3 is 10.1 Å². The normalized spacial score (nSPS) is 11.6. The molecule has 0 aromatic heterocycles. The second-order valence-electron chi connectivity index (χ2n) is 4.29. The first-order valence-corrected chi connectivity index (χ1v) is 6.62. The zero-order chi connectivity index (χ0) is 12.2. The third kappa shape index (κ3) is 3.37. The van der Waals surface area contributed by atoms with E-state index in [4.69, 9.17) is 16.3 Å². The lowest BCUT2D eigenvalue weighted by molar-refractivity contribution is 0.388. The standard InChI is InChI=1S/C12H17BrClNO/c1-12(2,7-15-8-13)10-6-9(14)4-5-11(10)16-3/h4-6,15H,7-8H2,1-3H3. The van der Waals surface area contributed by atoms with Crippen LogP contribution in [0.1, 0.15) is 19.4 Å². The van der Waals surface area contributed by atoms with E-state index in [-0.39, 0.29) is 5.41 Å². The van der Waals surface area contributed by atoms with Crippen molar-refractivity contribution in [3.8, 4) is 5.75 Å². The van der Waals surface area contributed by atoms with Crippen molar-refractivity contribution in [2.24, 2.45) is 0 Å². The molecule has 0 saturated carbocycles. The van der Waals surface area contributed by atoms with Gasteiger partial charge in [-0.15, -0.1) is 0 Å². The van der Waals surface area contributed by atoms with Crippen molar-refractivity contribution in [3.63, 3.8) is 0 Å². The van der Waals surface area contributed by atoms with Crippen LogP contribution in [0.15, 0.2) is 18.2 Å². The molecule has 1 N–H and O–H groups in total. The van der Waals surface area contributed by atoms with E-state index in [1.165, 1.54) is 0 Å². The van der Waals surface area contributed by atoms with Crippen molar-refractivity contribution in [1.29, 1.82) is 0 Å². The van der Waals surface area contributed by atoms with Gasteiger partial charge in [-0.3, -0.25) is 0 Å². The zero-order valence-electron chi connectivity index (χ0n) is 9.81. The van der Waals surface area contributed by atoms with Gasteiger partial charge in [-0.2, -0.15) is 0 Å². The summed E-state index contributed by atoms with van der Waals surface area (Å²) >= 11 is 9.38. The molecule has 0 radical (unpaired) electrons. The molecule has 0 unspecified atom stereocenters. The second kappa shape index (κ2) is 5.89. The van der Waals surface area contributed by atoms with Crippen LogP contribution in [0.3, 0.4) is 0 Å². The van der Waals surface area contributed by atoms with Crippen LogP contribution in [0, 0.1) is 0 Å². The number of nitrogens with one attached hydrogen (secondary N) is 1. The average molecular weight is 307 g/mol. The van der Waals surface area contributed by atoms with Crippen molar-refractivity contribution in [2.75, 3.05) is 19.1 Å². The Morgan fingerprint density at radius 1 is 1.44 bits per heavy atom. The van der Waals surface area contributed by atoms with Gasteiger partial charge in [-0.05, 0) is 18.2 Å². The Kier molecular flexibility index (Phi) is 5.09. The molecule has 2 nitrogen and oxygen atoms in total. The Morgan fingerprint density at radius 2 is 2.12 bits per heavy atom. The molecular weight excluding hydrogens is 289 g/mol. The molecule has 0 bridgehead atoms. The molecular formula is C12H17BrClNO. The Balaban J connectivity index is 3.04. The van der Waals surface area contributed by atoms with Gasteiger partial charge in [-0.25, -0.2) is 0 Å². The maximum atomic E-state index is 6.03. The van der Waals surface area contributed by atoms with Crippen molar-refractivity contribution < 1.29 is 4.74 Å². The minimum atomic E-state index is -0.0238. The number of ether oxygens (including phenoxy) is 1. The summed E-state index contributed by atoms with van der Waals surface area (Å²) in [5.41, 5.74) is 1.87. The van der Waals surface area contributed by atoms with E-state index in [0.717, 1.165) is 28.3 Å². The van der Waals surface area contributed by atoms with Gasteiger partial charge in [-0.1, -0.05) is 41.4 Å². The Morgan fingerprint density at radius 3 is 2.69 bits per heavy atom. The Labute approximate surface area is 110 Å². The lowest BCUT2D eigenvalue weighted by Gasteiger charge is -2.27.